The molecule has 0 aromatic carbocycles. The zero-order valence-electron chi connectivity index (χ0n) is 31.2. The molecule has 0 unspecified atom stereocenters. The van der Waals surface area contributed by atoms with Crippen LogP contribution in [0.4, 0.5) is 24.7 Å². The van der Waals surface area contributed by atoms with E-state index in [4.69, 9.17) is 24.4 Å². The number of alkyl halides is 3. The van der Waals surface area contributed by atoms with Crippen LogP contribution in [0.15, 0.2) is 30.6 Å². The molecule has 1 aliphatic heterocycles. The number of halogens is 3. The molecule has 17 heteroatoms. The van der Waals surface area contributed by atoms with E-state index in [9.17, 15) is 23.1 Å². The number of aliphatic carboxylic acids is 1. The summed E-state index contributed by atoms with van der Waals surface area (Å²) in [7, 11) is 3.67. The summed E-state index contributed by atoms with van der Waals surface area (Å²) in [4.78, 5) is 43.4. The fourth-order valence-corrected chi connectivity index (χ4v) is 7.74. The van der Waals surface area contributed by atoms with Crippen LogP contribution in [0, 0.1) is 5.41 Å². The number of carboxylic acids is 1. The molecule has 1 N–H and O–H groups in total. The number of carbonyl (C=O) groups is 1. The van der Waals surface area contributed by atoms with Gasteiger partial charge in [-0.2, -0.15) is 13.2 Å². The quantitative estimate of drug-likeness (QED) is 0.198. The molecule has 6 rings (SSSR count). The number of nitrogens with zero attached hydrogens (tertiary/aromatic N) is 8. The van der Waals surface area contributed by atoms with E-state index in [2.05, 4.69) is 43.5 Å². The molecule has 0 amide bonds. The van der Waals surface area contributed by atoms with E-state index < -0.39 is 17.8 Å². The molecular formula is C36H45F3N9NaO4. The van der Waals surface area contributed by atoms with E-state index in [-0.39, 0.29) is 77.2 Å². The van der Waals surface area contributed by atoms with Crippen LogP contribution in [0.3, 0.4) is 0 Å². The number of ether oxygens (including phenoxy) is 2. The van der Waals surface area contributed by atoms with Gasteiger partial charge in [0.1, 0.15) is 22.7 Å². The Morgan fingerprint density at radius 2 is 1.77 bits per heavy atom. The van der Waals surface area contributed by atoms with Crippen LogP contribution in [0.2, 0.25) is 0 Å². The minimum absolute atomic E-state index is 0. The van der Waals surface area contributed by atoms with E-state index in [0.717, 1.165) is 31.7 Å². The van der Waals surface area contributed by atoms with Crippen LogP contribution in [-0.2, 0) is 15.7 Å². The Balaban J connectivity index is 0.00000541. The SMILES string of the molecule is CCOc1cc(-c2cc(N(C)CC3(COC)CCCC3)c3[nH]c(-c4cnc(N5C[C@@H](C)N(CCC(=O)[O-])[C@@H](C)C5)cn4)nc3n2)cc(C(F)(F)F)n1.[Na+]. The minimum Gasteiger partial charge on any atom is -0.550 e. The van der Waals surface area contributed by atoms with Gasteiger partial charge in [-0.05, 0) is 52.2 Å². The second-order valence-electron chi connectivity index (χ2n) is 14.0. The van der Waals surface area contributed by atoms with Crippen molar-refractivity contribution in [2.45, 2.75) is 71.1 Å². The Bertz CT molecular complexity index is 1860. The Hall–Kier alpha value is -3.57. The summed E-state index contributed by atoms with van der Waals surface area (Å²) in [6.45, 7) is 8.93. The molecule has 1 saturated heterocycles. The molecule has 4 aromatic rings. The number of hydrogen-bond acceptors (Lipinski definition) is 12. The maximum absolute atomic E-state index is 13.9. The fraction of sp³-hybridized carbons (Fsp3) is 0.556. The number of nitrogens with one attached hydrogen (secondary N) is 1. The average Bonchev–Trinajstić information content (AvgIpc) is 3.74. The number of carbonyl (C=O) groups excluding carboxylic acids is 1. The van der Waals surface area contributed by atoms with E-state index in [1.54, 1.807) is 32.5 Å². The van der Waals surface area contributed by atoms with Gasteiger partial charge >= 0.3 is 35.7 Å². The van der Waals surface area contributed by atoms with Gasteiger partial charge in [0.15, 0.2) is 11.5 Å². The summed E-state index contributed by atoms with van der Waals surface area (Å²) in [6.07, 6.45) is 2.82. The number of aromatic nitrogens is 6. The monoisotopic (exact) mass is 747 g/mol. The normalized spacial score (nSPS) is 19.0. The van der Waals surface area contributed by atoms with Crippen molar-refractivity contribution < 1.29 is 62.1 Å². The number of imidazole rings is 1. The van der Waals surface area contributed by atoms with Crippen LogP contribution in [0.25, 0.3) is 33.9 Å². The molecule has 2 atom stereocenters. The predicted molar refractivity (Wildman–Crippen MR) is 188 cm³/mol. The molecule has 1 saturated carbocycles. The average molecular weight is 748 g/mol. The summed E-state index contributed by atoms with van der Waals surface area (Å²) in [5.41, 5.74) is 1.46. The zero-order chi connectivity index (χ0) is 37.2. The number of hydrogen-bond donors (Lipinski definition) is 1. The molecule has 0 spiro atoms. The number of H-pyrrole nitrogens is 1. The van der Waals surface area contributed by atoms with Gasteiger partial charge in [0.25, 0.3) is 0 Å². The number of methoxy groups -OCH3 is 1. The van der Waals surface area contributed by atoms with Crippen molar-refractivity contribution in [1.82, 2.24) is 34.8 Å². The van der Waals surface area contributed by atoms with Crippen molar-refractivity contribution in [3.05, 3.63) is 36.3 Å². The number of piperazine rings is 1. The van der Waals surface area contributed by atoms with Gasteiger partial charge in [0.05, 0.1) is 37.0 Å². The van der Waals surface area contributed by atoms with Gasteiger partial charge in [0.2, 0.25) is 5.88 Å². The van der Waals surface area contributed by atoms with Crippen LogP contribution in [0.5, 0.6) is 5.88 Å². The summed E-state index contributed by atoms with van der Waals surface area (Å²) in [5, 5.41) is 11.0. The maximum Gasteiger partial charge on any atom is 1.00 e. The first kappa shape index (κ1) is 40.6. The van der Waals surface area contributed by atoms with Crippen LogP contribution in [0.1, 0.15) is 58.6 Å². The van der Waals surface area contributed by atoms with Gasteiger partial charge in [-0.15, -0.1) is 0 Å². The van der Waals surface area contributed by atoms with E-state index in [1.165, 1.54) is 6.07 Å². The van der Waals surface area contributed by atoms with Crippen LogP contribution in [-0.4, -0.2) is 106 Å². The van der Waals surface area contributed by atoms with Crippen molar-refractivity contribution >= 4 is 28.6 Å². The first-order valence-electron chi connectivity index (χ1n) is 17.7. The summed E-state index contributed by atoms with van der Waals surface area (Å²) >= 11 is 0. The smallest absolute Gasteiger partial charge is 0.550 e. The van der Waals surface area contributed by atoms with Crippen LogP contribution < -0.4 is 49.2 Å². The molecule has 2 fully saturated rings. The van der Waals surface area contributed by atoms with Gasteiger partial charge in [-0.25, -0.2) is 24.9 Å². The van der Waals surface area contributed by atoms with Crippen LogP contribution >= 0.6 is 0 Å². The number of aromatic amines is 1. The molecule has 0 radical (unpaired) electrons. The molecule has 53 heavy (non-hydrogen) atoms. The number of carboxylic acid groups (broad SMARTS) is 1. The Morgan fingerprint density at radius 1 is 1.06 bits per heavy atom. The third-order valence-corrected chi connectivity index (χ3v) is 10.1. The van der Waals surface area contributed by atoms with Gasteiger partial charge in [-0.3, -0.25) is 4.90 Å². The molecule has 13 nitrogen and oxygen atoms in total. The maximum atomic E-state index is 13.9. The molecule has 280 valence electrons. The second kappa shape index (κ2) is 16.8. The standard InChI is InChI=1S/C36H46F3N9O4.Na/c1-6-52-30-14-24(13-28(43-30)36(37,38)39)25-15-27(46(4)20-35(21-51-5)10-7-8-11-35)32-34(42-25)45-33(44-32)26-16-41-29(17-40-26)47-18-22(2)48(23(3)19-47)12-9-31(49)50;/h13-17,22-23H,6-12,18-21H2,1-5H3,(H,49,50)(H,42,44,45);/q;+1/p-1/t22-,23+;. The third kappa shape index (κ3) is 9.22. The second-order valence-corrected chi connectivity index (χ2v) is 14.0. The topological polar surface area (TPSA) is 149 Å². The minimum atomic E-state index is -4.69. The van der Waals surface area contributed by atoms with E-state index >= 15 is 0 Å². The summed E-state index contributed by atoms with van der Waals surface area (Å²) < 4.78 is 52.9. The zero-order valence-corrected chi connectivity index (χ0v) is 33.2. The molecule has 1 aliphatic carbocycles. The summed E-state index contributed by atoms with van der Waals surface area (Å²) in [6, 6.07) is 4.41. The third-order valence-electron chi connectivity index (χ3n) is 10.1. The first-order chi connectivity index (χ1) is 24.8. The van der Waals surface area contributed by atoms with Crippen molar-refractivity contribution in [3.63, 3.8) is 0 Å². The van der Waals surface area contributed by atoms with Gasteiger partial charge in [0, 0.05) is 75.4 Å². The Morgan fingerprint density at radius 3 is 2.38 bits per heavy atom. The predicted octanol–water partition coefficient (Wildman–Crippen LogP) is 1.58. The molecule has 5 heterocycles. The first-order valence-corrected chi connectivity index (χ1v) is 17.7. The van der Waals surface area contributed by atoms with Crippen molar-refractivity contribution in [1.29, 1.82) is 0 Å². The molecular weight excluding hydrogens is 702 g/mol. The summed E-state index contributed by atoms with van der Waals surface area (Å²) in [5.74, 6) is -0.112. The number of anilines is 2. The number of fused-ring (bicyclic) bond motifs is 1. The molecule has 2 aliphatic rings. The Kier molecular flexibility index (Phi) is 12.9. The largest absolute Gasteiger partial charge is 1.00 e. The molecule has 0 bridgehead atoms. The fourth-order valence-electron chi connectivity index (χ4n) is 7.74. The van der Waals surface area contributed by atoms with Crippen molar-refractivity contribution in [2.24, 2.45) is 5.41 Å². The Labute approximate surface area is 329 Å². The van der Waals surface area contributed by atoms with Crippen molar-refractivity contribution in [2.75, 3.05) is 63.4 Å². The van der Waals surface area contributed by atoms with Crippen molar-refractivity contribution in [3.8, 4) is 28.7 Å². The van der Waals surface area contributed by atoms with E-state index in [1.807, 2.05) is 7.05 Å². The number of pyridine rings is 2. The molecule has 4 aromatic heterocycles. The number of rotatable bonds is 13. The van der Waals surface area contributed by atoms with Gasteiger partial charge < -0.3 is 34.2 Å². The van der Waals surface area contributed by atoms with E-state index in [0.29, 0.717) is 67.0 Å². The van der Waals surface area contributed by atoms with Gasteiger partial charge in [-0.1, -0.05) is 12.8 Å².